The Hall–Kier alpha value is -2.72. The molecule has 2 unspecified atom stereocenters. The second kappa shape index (κ2) is 10.7. The Kier molecular flexibility index (Phi) is 7.54. The van der Waals surface area contributed by atoms with E-state index in [0.29, 0.717) is 5.56 Å². The van der Waals surface area contributed by atoms with Crippen molar-refractivity contribution in [1.82, 2.24) is 5.32 Å². The Bertz CT molecular complexity index is 1000. The van der Waals surface area contributed by atoms with Crippen LogP contribution in [0.4, 0.5) is 5.69 Å². The minimum absolute atomic E-state index is 0.0336. The van der Waals surface area contributed by atoms with Crippen LogP contribution >= 0.6 is 11.8 Å². The fraction of sp³-hybridized carbons (Fsp3) is 0.321. The van der Waals surface area contributed by atoms with Gasteiger partial charge in [-0.05, 0) is 73.2 Å². The number of hydrogen-bond donors (Lipinski definition) is 1. The molecule has 0 bridgehead atoms. The van der Waals surface area contributed by atoms with E-state index in [1.807, 2.05) is 37.3 Å². The summed E-state index contributed by atoms with van der Waals surface area (Å²) in [6, 6.07) is 26.9. The van der Waals surface area contributed by atoms with E-state index >= 15 is 0 Å². The maximum absolute atomic E-state index is 12.7. The van der Waals surface area contributed by atoms with Gasteiger partial charge in [0.25, 0.3) is 5.91 Å². The average Bonchev–Trinajstić information content (AvgIpc) is 2.84. The molecule has 3 aromatic rings. The molecule has 1 heterocycles. The third-order valence-corrected chi connectivity index (χ3v) is 7.21. The molecule has 0 radical (unpaired) electrons. The first kappa shape index (κ1) is 22.5. The van der Waals surface area contributed by atoms with Crippen LogP contribution in [-0.4, -0.2) is 19.0 Å². The van der Waals surface area contributed by atoms with Gasteiger partial charge in [0.15, 0.2) is 0 Å². The van der Waals surface area contributed by atoms with Gasteiger partial charge in [-0.15, -0.1) is 11.8 Å². The summed E-state index contributed by atoms with van der Waals surface area (Å²) in [7, 11) is 0. The molecule has 166 valence electrons. The molecule has 1 fully saturated rings. The Morgan fingerprint density at radius 3 is 2.44 bits per heavy atom. The number of benzene rings is 3. The van der Waals surface area contributed by atoms with Crippen LogP contribution in [0.2, 0.25) is 0 Å². The number of piperidine rings is 1. The standard InChI is InChI=1S/C28H32N2OS/c1-21-7-6-18-30(19-21)26-16-14-24(15-17-26)22(2)29-28(31)25-12-10-23(11-13-25)20-32-27-8-4-3-5-9-27/h3-5,8-17,21-22H,6-7,18-20H2,1-2H3,(H,29,31). The van der Waals surface area contributed by atoms with Crippen LogP contribution in [0.25, 0.3) is 0 Å². The number of thioether (sulfide) groups is 1. The Labute approximate surface area is 196 Å². The second-order valence-corrected chi connectivity index (χ2v) is 9.83. The van der Waals surface area contributed by atoms with Gasteiger partial charge in [-0.1, -0.05) is 49.4 Å². The van der Waals surface area contributed by atoms with Crippen molar-refractivity contribution >= 4 is 23.4 Å². The van der Waals surface area contributed by atoms with E-state index in [2.05, 4.69) is 65.7 Å². The minimum Gasteiger partial charge on any atom is -0.371 e. The number of amides is 1. The van der Waals surface area contributed by atoms with Gasteiger partial charge in [0, 0.05) is 35.0 Å². The first-order valence-corrected chi connectivity index (χ1v) is 12.5. The number of nitrogens with zero attached hydrogens (tertiary/aromatic N) is 1. The van der Waals surface area contributed by atoms with Crippen molar-refractivity contribution in [3.05, 3.63) is 95.6 Å². The molecule has 3 aromatic carbocycles. The SMILES string of the molecule is CC1CCCN(c2ccc(C(C)NC(=O)c3ccc(CSc4ccccc4)cc3)cc2)C1. The number of nitrogens with one attached hydrogen (secondary N) is 1. The molecule has 0 aliphatic carbocycles. The van der Waals surface area contributed by atoms with Crippen molar-refractivity contribution in [3.8, 4) is 0 Å². The monoisotopic (exact) mass is 444 g/mol. The van der Waals surface area contributed by atoms with Gasteiger partial charge in [0.1, 0.15) is 0 Å². The number of hydrogen-bond acceptors (Lipinski definition) is 3. The van der Waals surface area contributed by atoms with E-state index in [0.717, 1.165) is 30.3 Å². The van der Waals surface area contributed by atoms with Crippen molar-refractivity contribution in [1.29, 1.82) is 0 Å². The summed E-state index contributed by atoms with van der Waals surface area (Å²) in [6.45, 7) is 6.63. The summed E-state index contributed by atoms with van der Waals surface area (Å²) in [5.41, 5.74) is 4.32. The van der Waals surface area contributed by atoms with E-state index in [1.165, 1.54) is 29.0 Å². The smallest absolute Gasteiger partial charge is 0.251 e. The summed E-state index contributed by atoms with van der Waals surface area (Å²) < 4.78 is 0. The molecule has 1 aliphatic rings. The number of carbonyl (C=O) groups excluding carboxylic acids is 1. The highest BCUT2D eigenvalue weighted by Crippen LogP contribution is 2.25. The van der Waals surface area contributed by atoms with Crippen LogP contribution in [-0.2, 0) is 5.75 Å². The molecular weight excluding hydrogens is 412 g/mol. The molecule has 4 heteroatoms. The molecule has 0 spiro atoms. The van der Waals surface area contributed by atoms with Gasteiger partial charge >= 0.3 is 0 Å². The van der Waals surface area contributed by atoms with E-state index in [1.54, 1.807) is 11.8 Å². The van der Waals surface area contributed by atoms with Gasteiger partial charge in [-0.25, -0.2) is 0 Å². The molecule has 32 heavy (non-hydrogen) atoms. The normalized spacial score (nSPS) is 17.1. The summed E-state index contributed by atoms with van der Waals surface area (Å²) in [5.74, 6) is 1.61. The first-order chi connectivity index (χ1) is 15.6. The third-order valence-electron chi connectivity index (χ3n) is 6.13. The zero-order valence-corrected chi connectivity index (χ0v) is 19.8. The third kappa shape index (κ3) is 5.95. The van der Waals surface area contributed by atoms with Crippen LogP contribution in [0, 0.1) is 5.92 Å². The predicted octanol–water partition coefficient (Wildman–Crippen LogP) is 6.71. The Morgan fingerprint density at radius 2 is 1.75 bits per heavy atom. The highest BCUT2D eigenvalue weighted by atomic mass is 32.2. The first-order valence-electron chi connectivity index (χ1n) is 11.5. The zero-order chi connectivity index (χ0) is 22.3. The fourth-order valence-electron chi connectivity index (χ4n) is 4.20. The van der Waals surface area contributed by atoms with Gasteiger partial charge < -0.3 is 10.2 Å². The summed E-state index contributed by atoms with van der Waals surface area (Å²) >= 11 is 1.80. The lowest BCUT2D eigenvalue weighted by Gasteiger charge is -2.33. The number of carbonyl (C=O) groups is 1. The van der Waals surface area contributed by atoms with Crippen molar-refractivity contribution < 1.29 is 4.79 Å². The Balaban J connectivity index is 1.31. The molecule has 0 saturated carbocycles. The summed E-state index contributed by atoms with van der Waals surface area (Å²) in [4.78, 5) is 16.5. The Morgan fingerprint density at radius 1 is 1.03 bits per heavy atom. The largest absolute Gasteiger partial charge is 0.371 e. The zero-order valence-electron chi connectivity index (χ0n) is 19.0. The average molecular weight is 445 g/mol. The lowest BCUT2D eigenvalue weighted by molar-refractivity contribution is 0.0940. The maximum atomic E-state index is 12.7. The minimum atomic E-state index is -0.0369. The summed E-state index contributed by atoms with van der Waals surface area (Å²) in [5, 5.41) is 3.14. The van der Waals surface area contributed by atoms with Crippen molar-refractivity contribution in [2.24, 2.45) is 5.92 Å². The van der Waals surface area contributed by atoms with Gasteiger partial charge in [-0.3, -0.25) is 4.79 Å². The molecule has 0 aromatic heterocycles. The van der Waals surface area contributed by atoms with Crippen LogP contribution in [0.5, 0.6) is 0 Å². The highest BCUT2D eigenvalue weighted by molar-refractivity contribution is 7.98. The number of anilines is 1. The maximum Gasteiger partial charge on any atom is 0.251 e. The van der Waals surface area contributed by atoms with Crippen molar-refractivity contribution in [2.45, 2.75) is 43.4 Å². The van der Waals surface area contributed by atoms with Crippen molar-refractivity contribution in [3.63, 3.8) is 0 Å². The van der Waals surface area contributed by atoms with Crippen LogP contribution in [0.1, 0.15) is 54.2 Å². The molecule has 3 nitrogen and oxygen atoms in total. The highest BCUT2D eigenvalue weighted by Gasteiger charge is 2.17. The van der Waals surface area contributed by atoms with Crippen LogP contribution in [0.3, 0.4) is 0 Å². The lowest BCUT2D eigenvalue weighted by atomic mass is 9.99. The van der Waals surface area contributed by atoms with E-state index in [-0.39, 0.29) is 11.9 Å². The van der Waals surface area contributed by atoms with E-state index < -0.39 is 0 Å². The van der Waals surface area contributed by atoms with E-state index in [4.69, 9.17) is 0 Å². The lowest BCUT2D eigenvalue weighted by Crippen LogP contribution is -2.34. The molecule has 4 rings (SSSR count). The fourth-order valence-corrected chi connectivity index (χ4v) is 5.07. The van der Waals surface area contributed by atoms with Gasteiger partial charge in [0.05, 0.1) is 6.04 Å². The van der Waals surface area contributed by atoms with Gasteiger partial charge in [0.2, 0.25) is 0 Å². The molecular formula is C28H32N2OS. The van der Waals surface area contributed by atoms with Gasteiger partial charge in [-0.2, -0.15) is 0 Å². The quantitative estimate of drug-likeness (QED) is 0.411. The number of rotatable bonds is 7. The molecule has 2 atom stereocenters. The van der Waals surface area contributed by atoms with Crippen LogP contribution in [0.15, 0.2) is 83.8 Å². The molecule has 1 amide bonds. The molecule has 1 aliphatic heterocycles. The predicted molar refractivity (Wildman–Crippen MR) is 135 cm³/mol. The molecule has 1 saturated heterocycles. The summed E-state index contributed by atoms with van der Waals surface area (Å²) in [6.07, 6.45) is 2.59. The van der Waals surface area contributed by atoms with Crippen molar-refractivity contribution in [2.75, 3.05) is 18.0 Å². The van der Waals surface area contributed by atoms with Crippen LogP contribution < -0.4 is 10.2 Å². The topological polar surface area (TPSA) is 32.3 Å². The van der Waals surface area contributed by atoms with E-state index in [9.17, 15) is 4.79 Å². The second-order valence-electron chi connectivity index (χ2n) is 8.78. The molecule has 1 N–H and O–H groups in total.